The normalized spacial score (nSPS) is 11.5. The van der Waals surface area contributed by atoms with Gasteiger partial charge in [0.15, 0.2) is 0 Å². The summed E-state index contributed by atoms with van der Waals surface area (Å²) in [4.78, 5) is 12.3. The van der Waals surface area contributed by atoms with Crippen LogP contribution in [-0.4, -0.2) is 16.1 Å². The summed E-state index contributed by atoms with van der Waals surface area (Å²) in [5.74, 6) is -2.68. The number of rotatable bonds is 3. The van der Waals surface area contributed by atoms with Crippen molar-refractivity contribution in [3.05, 3.63) is 70.9 Å². The topological polar surface area (TPSA) is 57.8 Å². The highest BCUT2D eigenvalue weighted by atomic mass is 19.4. The number of halogens is 5. The SMILES string of the molecule is Cc1[nH]nc(-c2cccc(C(F)(F)F)c2)c1NC(=O)c1cc(F)cc(F)c1. The lowest BCUT2D eigenvalue weighted by molar-refractivity contribution is -0.137. The van der Waals surface area contributed by atoms with Crippen LogP contribution in [0.15, 0.2) is 42.5 Å². The highest BCUT2D eigenvalue weighted by molar-refractivity contribution is 6.06. The van der Waals surface area contributed by atoms with Gasteiger partial charge in [0.2, 0.25) is 0 Å². The van der Waals surface area contributed by atoms with Gasteiger partial charge in [-0.1, -0.05) is 12.1 Å². The summed E-state index contributed by atoms with van der Waals surface area (Å²) in [5.41, 5.74) is -0.469. The fourth-order valence-electron chi connectivity index (χ4n) is 2.50. The van der Waals surface area contributed by atoms with Gasteiger partial charge in [-0.2, -0.15) is 18.3 Å². The van der Waals surface area contributed by atoms with Crippen molar-refractivity contribution in [1.29, 1.82) is 0 Å². The first kappa shape index (κ1) is 18.6. The molecule has 1 heterocycles. The summed E-state index contributed by atoms with van der Waals surface area (Å²) < 4.78 is 65.4. The molecule has 0 fully saturated rings. The first-order valence-electron chi connectivity index (χ1n) is 7.65. The minimum atomic E-state index is -4.54. The van der Waals surface area contributed by atoms with Gasteiger partial charge >= 0.3 is 6.18 Å². The molecule has 2 aromatic carbocycles. The number of benzene rings is 2. The molecule has 2 N–H and O–H groups in total. The number of aromatic nitrogens is 2. The third-order valence-corrected chi connectivity index (χ3v) is 3.77. The van der Waals surface area contributed by atoms with Crippen molar-refractivity contribution >= 4 is 11.6 Å². The van der Waals surface area contributed by atoms with Crippen LogP contribution in [0.2, 0.25) is 0 Å². The molecule has 0 unspecified atom stereocenters. The van der Waals surface area contributed by atoms with Crippen LogP contribution in [0.3, 0.4) is 0 Å². The van der Waals surface area contributed by atoms with Crippen molar-refractivity contribution in [2.75, 3.05) is 5.32 Å². The fraction of sp³-hybridized carbons (Fsp3) is 0.111. The second-order valence-electron chi connectivity index (χ2n) is 5.76. The van der Waals surface area contributed by atoms with E-state index in [1.807, 2.05) is 0 Å². The molecule has 27 heavy (non-hydrogen) atoms. The largest absolute Gasteiger partial charge is 0.416 e. The molecular formula is C18H12F5N3O. The van der Waals surface area contributed by atoms with E-state index in [0.29, 0.717) is 11.8 Å². The Hall–Kier alpha value is -3.23. The summed E-state index contributed by atoms with van der Waals surface area (Å²) in [6.45, 7) is 1.55. The van der Waals surface area contributed by atoms with Crippen molar-refractivity contribution < 1.29 is 26.7 Å². The number of carbonyl (C=O) groups is 1. The van der Waals surface area contributed by atoms with Crippen LogP contribution >= 0.6 is 0 Å². The Morgan fingerprint density at radius 1 is 1.07 bits per heavy atom. The molecule has 0 bridgehead atoms. The lowest BCUT2D eigenvalue weighted by atomic mass is 10.1. The van der Waals surface area contributed by atoms with Gasteiger partial charge in [-0.15, -0.1) is 0 Å². The number of anilines is 1. The fourth-order valence-corrected chi connectivity index (χ4v) is 2.50. The maximum Gasteiger partial charge on any atom is 0.416 e. The predicted molar refractivity (Wildman–Crippen MR) is 88.1 cm³/mol. The average Bonchev–Trinajstić information content (AvgIpc) is 2.94. The number of nitrogens with zero attached hydrogens (tertiary/aromatic N) is 1. The molecule has 9 heteroatoms. The van der Waals surface area contributed by atoms with Gasteiger partial charge in [0.1, 0.15) is 17.3 Å². The van der Waals surface area contributed by atoms with Gasteiger partial charge in [0.05, 0.1) is 16.9 Å². The van der Waals surface area contributed by atoms with Crippen LogP contribution < -0.4 is 5.32 Å². The van der Waals surface area contributed by atoms with Crippen LogP contribution in [0.4, 0.5) is 27.6 Å². The van der Waals surface area contributed by atoms with E-state index in [1.165, 1.54) is 12.1 Å². The number of carbonyl (C=O) groups excluding carboxylic acids is 1. The first-order chi connectivity index (χ1) is 12.6. The van der Waals surface area contributed by atoms with Crippen LogP contribution in [-0.2, 0) is 6.18 Å². The van der Waals surface area contributed by atoms with Gasteiger partial charge in [-0.3, -0.25) is 9.89 Å². The molecule has 0 atom stereocenters. The lowest BCUT2D eigenvalue weighted by Crippen LogP contribution is -2.13. The van der Waals surface area contributed by atoms with Crippen LogP contribution in [0.1, 0.15) is 21.6 Å². The molecule has 4 nitrogen and oxygen atoms in total. The summed E-state index contributed by atoms with van der Waals surface area (Å²) in [6.07, 6.45) is -4.54. The maximum absolute atomic E-state index is 13.3. The van der Waals surface area contributed by atoms with E-state index in [4.69, 9.17) is 0 Å². The van der Waals surface area contributed by atoms with Gasteiger partial charge in [0, 0.05) is 17.2 Å². The van der Waals surface area contributed by atoms with Crippen molar-refractivity contribution in [2.24, 2.45) is 0 Å². The Kier molecular flexibility index (Phi) is 4.69. The van der Waals surface area contributed by atoms with Gasteiger partial charge < -0.3 is 5.32 Å². The molecule has 1 aromatic heterocycles. The van der Waals surface area contributed by atoms with Crippen LogP contribution in [0.5, 0.6) is 0 Å². The van der Waals surface area contributed by atoms with Crippen LogP contribution in [0.25, 0.3) is 11.3 Å². The second-order valence-corrected chi connectivity index (χ2v) is 5.76. The third-order valence-electron chi connectivity index (χ3n) is 3.77. The number of hydrogen-bond donors (Lipinski definition) is 2. The summed E-state index contributed by atoms with van der Waals surface area (Å²) >= 11 is 0. The van der Waals surface area contributed by atoms with E-state index in [1.54, 1.807) is 6.92 Å². The van der Waals surface area contributed by atoms with Gasteiger partial charge in [-0.05, 0) is 31.2 Å². The number of aryl methyl sites for hydroxylation is 1. The zero-order valence-corrected chi connectivity index (χ0v) is 13.8. The van der Waals surface area contributed by atoms with Crippen LogP contribution in [0, 0.1) is 18.6 Å². The highest BCUT2D eigenvalue weighted by Crippen LogP contribution is 2.34. The van der Waals surface area contributed by atoms with Crippen molar-refractivity contribution in [3.63, 3.8) is 0 Å². The Bertz CT molecular complexity index is 990. The number of amides is 1. The zero-order chi connectivity index (χ0) is 19.8. The van der Waals surface area contributed by atoms with Crippen molar-refractivity contribution in [3.8, 4) is 11.3 Å². The summed E-state index contributed by atoms with van der Waals surface area (Å²) in [5, 5.41) is 8.95. The average molecular weight is 381 g/mol. The molecule has 3 aromatic rings. The molecule has 0 radical (unpaired) electrons. The number of nitrogens with one attached hydrogen (secondary N) is 2. The minimum absolute atomic E-state index is 0.0730. The first-order valence-corrected chi connectivity index (χ1v) is 7.65. The standard InChI is InChI=1S/C18H12F5N3O/c1-9-15(24-17(27)11-6-13(19)8-14(20)7-11)16(26-25-9)10-3-2-4-12(5-10)18(21,22)23/h2-8H,1H3,(H,24,27)(H,25,26). The monoisotopic (exact) mass is 381 g/mol. The molecule has 0 saturated carbocycles. The molecule has 1 amide bonds. The van der Waals surface area contributed by atoms with E-state index < -0.39 is 29.3 Å². The smallest absolute Gasteiger partial charge is 0.319 e. The van der Waals surface area contributed by atoms with Gasteiger partial charge in [0.25, 0.3) is 5.91 Å². The Morgan fingerprint density at radius 2 is 1.74 bits per heavy atom. The predicted octanol–water partition coefficient (Wildman–Crippen LogP) is 4.93. The molecular weight excluding hydrogens is 369 g/mol. The Labute approximate surface area is 150 Å². The number of aromatic amines is 1. The molecule has 0 spiro atoms. The Balaban J connectivity index is 1.97. The number of H-pyrrole nitrogens is 1. The number of alkyl halides is 3. The summed E-state index contributed by atoms with van der Waals surface area (Å²) in [6, 6.07) is 6.74. The maximum atomic E-state index is 13.3. The molecule has 0 saturated heterocycles. The third kappa shape index (κ3) is 3.97. The quantitative estimate of drug-likeness (QED) is 0.632. The van der Waals surface area contributed by atoms with E-state index in [2.05, 4.69) is 15.5 Å². The molecule has 140 valence electrons. The van der Waals surface area contributed by atoms with E-state index in [-0.39, 0.29) is 22.5 Å². The number of hydrogen-bond acceptors (Lipinski definition) is 2. The van der Waals surface area contributed by atoms with E-state index in [0.717, 1.165) is 24.3 Å². The summed E-state index contributed by atoms with van der Waals surface area (Å²) in [7, 11) is 0. The molecule has 0 aliphatic heterocycles. The van der Waals surface area contributed by atoms with Crippen molar-refractivity contribution in [1.82, 2.24) is 10.2 Å². The highest BCUT2D eigenvalue weighted by Gasteiger charge is 2.31. The van der Waals surface area contributed by atoms with Crippen molar-refractivity contribution in [2.45, 2.75) is 13.1 Å². The molecule has 3 rings (SSSR count). The molecule has 0 aliphatic rings. The zero-order valence-electron chi connectivity index (χ0n) is 13.8. The second kappa shape index (κ2) is 6.82. The van der Waals surface area contributed by atoms with Gasteiger partial charge in [-0.25, -0.2) is 8.78 Å². The lowest BCUT2D eigenvalue weighted by Gasteiger charge is -2.10. The Morgan fingerprint density at radius 3 is 2.37 bits per heavy atom. The van der Waals surface area contributed by atoms with E-state index in [9.17, 15) is 26.7 Å². The minimum Gasteiger partial charge on any atom is -0.319 e. The molecule has 0 aliphatic carbocycles. The van der Waals surface area contributed by atoms with E-state index >= 15 is 0 Å².